The van der Waals surface area contributed by atoms with Gasteiger partial charge in [0, 0.05) is 37.6 Å². The number of halogens is 2. The largest absolute Gasteiger partial charge is 0.391 e. The van der Waals surface area contributed by atoms with Gasteiger partial charge in [0.15, 0.2) is 0 Å². The minimum atomic E-state index is -0.823. The van der Waals surface area contributed by atoms with Crippen LogP contribution in [0.1, 0.15) is 48.5 Å². The van der Waals surface area contributed by atoms with Crippen LogP contribution < -0.4 is 5.32 Å². The summed E-state index contributed by atoms with van der Waals surface area (Å²) in [5.41, 5.74) is 0.596. The fourth-order valence-electron chi connectivity index (χ4n) is 4.49. The Bertz CT molecular complexity index is 917. The number of likely N-dealkylation sites (N-methyl/N-ethyl adjacent to an activating group) is 1. The van der Waals surface area contributed by atoms with Gasteiger partial charge in [-0.05, 0) is 43.4 Å². The first kappa shape index (κ1) is 22.9. The molecule has 1 aliphatic rings. The molecule has 0 heterocycles. The average Bonchev–Trinajstić information content (AvgIpc) is 2.91. The zero-order valence-corrected chi connectivity index (χ0v) is 17.8. The van der Waals surface area contributed by atoms with Gasteiger partial charge in [0.05, 0.1) is 12.1 Å². The third-order valence-corrected chi connectivity index (χ3v) is 6.27. The Labute approximate surface area is 181 Å². The van der Waals surface area contributed by atoms with E-state index in [2.05, 4.69) is 5.32 Å². The molecule has 0 bridgehead atoms. The molecule has 5 nitrogen and oxygen atoms in total. The van der Waals surface area contributed by atoms with Crippen molar-refractivity contribution in [2.24, 2.45) is 0 Å². The van der Waals surface area contributed by atoms with E-state index in [0.29, 0.717) is 38.3 Å². The van der Waals surface area contributed by atoms with Gasteiger partial charge >= 0.3 is 0 Å². The van der Waals surface area contributed by atoms with Crippen LogP contribution in [0.5, 0.6) is 0 Å². The second-order valence-electron chi connectivity index (χ2n) is 8.34. The monoisotopic (exact) mass is 430 g/mol. The molecule has 2 aromatic rings. The van der Waals surface area contributed by atoms with E-state index in [-0.39, 0.29) is 16.9 Å². The number of aliphatic hydroxyl groups is 1. The minimum absolute atomic E-state index is 0.0935. The van der Waals surface area contributed by atoms with Gasteiger partial charge in [0.2, 0.25) is 5.91 Å². The summed E-state index contributed by atoms with van der Waals surface area (Å²) >= 11 is 0. The van der Waals surface area contributed by atoms with Crippen LogP contribution in [0.3, 0.4) is 0 Å². The second-order valence-corrected chi connectivity index (χ2v) is 8.34. The lowest BCUT2D eigenvalue weighted by molar-refractivity contribution is -0.119. The first-order chi connectivity index (χ1) is 14.7. The molecule has 0 unspecified atom stereocenters. The van der Waals surface area contributed by atoms with Crippen LogP contribution in [-0.4, -0.2) is 47.6 Å². The van der Waals surface area contributed by atoms with Gasteiger partial charge in [-0.25, -0.2) is 8.78 Å². The third-order valence-electron chi connectivity index (χ3n) is 6.27. The number of hydrogen-bond donors (Lipinski definition) is 2. The highest BCUT2D eigenvalue weighted by Crippen LogP contribution is 2.39. The van der Waals surface area contributed by atoms with Crippen LogP contribution in [0.25, 0.3) is 0 Å². The first-order valence-electron chi connectivity index (χ1n) is 10.4. The topological polar surface area (TPSA) is 69.6 Å². The number of aliphatic hydroxyl groups excluding tert-OH is 1. The number of benzene rings is 2. The van der Waals surface area contributed by atoms with E-state index >= 15 is 0 Å². The zero-order chi connectivity index (χ0) is 22.6. The number of amides is 2. The number of nitrogens with zero attached hydrogens (tertiary/aromatic N) is 1. The maximum absolute atomic E-state index is 13.6. The van der Waals surface area contributed by atoms with E-state index in [1.165, 1.54) is 11.8 Å². The Morgan fingerprint density at radius 1 is 1.10 bits per heavy atom. The lowest BCUT2D eigenvalue weighted by atomic mass is 9.74. The van der Waals surface area contributed by atoms with Crippen molar-refractivity contribution < 1.29 is 23.5 Å². The predicted octanol–water partition coefficient (Wildman–Crippen LogP) is 3.41. The quantitative estimate of drug-likeness (QED) is 0.715. The lowest BCUT2D eigenvalue weighted by Crippen LogP contribution is -2.44. The number of hydrogen-bond acceptors (Lipinski definition) is 3. The highest BCUT2D eigenvalue weighted by Gasteiger charge is 2.40. The van der Waals surface area contributed by atoms with E-state index in [0.717, 1.165) is 17.7 Å². The molecular formula is C24H28F2N2O3. The number of nitrogens with one attached hydrogen (secondary N) is 1. The molecular weight excluding hydrogens is 402 g/mol. The van der Waals surface area contributed by atoms with Gasteiger partial charge in [-0.15, -0.1) is 0 Å². The fourth-order valence-corrected chi connectivity index (χ4v) is 4.49. The molecule has 2 N–H and O–H groups in total. The minimum Gasteiger partial charge on any atom is -0.391 e. The first-order valence-corrected chi connectivity index (χ1v) is 10.4. The van der Waals surface area contributed by atoms with Gasteiger partial charge in [0.25, 0.3) is 5.91 Å². The van der Waals surface area contributed by atoms with E-state index in [4.69, 9.17) is 0 Å². The van der Waals surface area contributed by atoms with E-state index in [1.54, 1.807) is 7.05 Å². The molecule has 1 saturated carbocycles. The summed E-state index contributed by atoms with van der Waals surface area (Å²) in [4.78, 5) is 25.9. The summed E-state index contributed by atoms with van der Waals surface area (Å²) in [6, 6.07) is 12.0. The summed E-state index contributed by atoms with van der Waals surface area (Å²) in [7, 11) is 1.54. The van der Waals surface area contributed by atoms with Crippen molar-refractivity contribution in [3.63, 3.8) is 0 Å². The van der Waals surface area contributed by atoms with Crippen molar-refractivity contribution in [2.45, 2.75) is 50.2 Å². The van der Waals surface area contributed by atoms with Gasteiger partial charge in [-0.1, -0.05) is 30.3 Å². The van der Waals surface area contributed by atoms with E-state index < -0.39 is 29.7 Å². The van der Waals surface area contributed by atoms with Crippen LogP contribution in [0, 0.1) is 11.6 Å². The van der Waals surface area contributed by atoms with Crippen molar-refractivity contribution in [2.75, 3.05) is 13.6 Å². The lowest BCUT2D eigenvalue weighted by Gasteiger charge is -2.34. The summed E-state index contributed by atoms with van der Waals surface area (Å²) in [5, 5.41) is 13.8. The average molecular weight is 430 g/mol. The molecule has 3 atom stereocenters. The molecule has 0 aromatic heterocycles. The Kier molecular flexibility index (Phi) is 7.05. The molecule has 0 spiro atoms. The van der Waals surface area contributed by atoms with Crippen LogP contribution in [0.2, 0.25) is 0 Å². The van der Waals surface area contributed by atoms with Crippen molar-refractivity contribution in [1.82, 2.24) is 10.2 Å². The molecule has 2 amide bonds. The Morgan fingerprint density at radius 3 is 2.32 bits per heavy atom. The Hall–Kier alpha value is -2.80. The van der Waals surface area contributed by atoms with Crippen LogP contribution in [-0.2, 0) is 10.2 Å². The van der Waals surface area contributed by atoms with Gasteiger partial charge in [0.1, 0.15) is 11.6 Å². The number of rotatable bonds is 5. The molecule has 1 fully saturated rings. The molecule has 3 rings (SSSR count). The normalized spacial score (nSPS) is 23.6. The maximum Gasteiger partial charge on any atom is 0.254 e. The molecule has 7 heteroatoms. The molecule has 1 aliphatic carbocycles. The Morgan fingerprint density at radius 2 is 1.71 bits per heavy atom. The summed E-state index contributed by atoms with van der Waals surface area (Å²) in [6.45, 7) is 1.90. The SMILES string of the molecule is CC(=O)NC[C@]1(c2ccccc2)CC[C@H](O)[C@@H](N(C)C(=O)c2cc(F)cc(F)c2)CC1. The highest BCUT2D eigenvalue weighted by atomic mass is 19.1. The molecule has 0 saturated heterocycles. The number of carbonyl (C=O) groups excluding carboxylic acids is 2. The highest BCUT2D eigenvalue weighted by molar-refractivity contribution is 5.94. The van der Waals surface area contributed by atoms with Crippen molar-refractivity contribution >= 4 is 11.8 Å². The summed E-state index contributed by atoms with van der Waals surface area (Å²) in [6.07, 6.45) is 1.37. The van der Waals surface area contributed by atoms with E-state index in [1.807, 2.05) is 30.3 Å². The molecule has 0 radical (unpaired) electrons. The van der Waals surface area contributed by atoms with Crippen molar-refractivity contribution in [3.05, 3.63) is 71.3 Å². The predicted molar refractivity (Wildman–Crippen MR) is 114 cm³/mol. The van der Waals surface area contributed by atoms with E-state index in [9.17, 15) is 23.5 Å². The van der Waals surface area contributed by atoms with Crippen molar-refractivity contribution in [1.29, 1.82) is 0 Å². The fraction of sp³-hybridized carbons (Fsp3) is 0.417. The van der Waals surface area contributed by atoms with Crippen molar-refractivity contribution in [3.8, 4) is 0 Å². The summed E-state index contributed by atoms with van der Waals surface area (Å²) in [5.74, 6) is -2.32. The van der Waals surface area contributed by atoms with Crippen LogP contribution in [0.15, 0.2) is 48.5 Å². The maximum atomic E-state index is 13.6. The van der Waals surface area contributed by atoms with Gasteiger partial charge in [-0.3, -0.25) is 9.59 Å². The smallest absolute Gasteiger partial charge is 0.254 e. The third kappa shape index (κ3) is 5.28. The molecule has 166 valence electrons. The van der Waals surface area contributed by atoms with Gasteiger partial charge < -0.3 is 15.3 Å². The van der Waals surface area contributed by atoms with Crippen LogP contribution >= 0.6 is 0 Å². The molecule has 31 heavy (non-hydrogen) atoms. The standard InChI is InChI=1S/C24H28F2N2O3/c1-16(29)27-15-24(18-6-4-3-5-7-18)10-8-21(22(30)9-11-24)28(2)23(31)17-12-19(25)14-20(26)13-17/h3-7,12-14,21-22,30H,8-11,15H2,1-2H3,(H,27,29)/t21-,22-,24+/m0/s1. The summed E-state index contributed by atoms with van der Waals surface area (Å²) < 4.78 is 27.2. The molecule has 0 aliphatic heterocycles. The van der Waals surface area contributed by atoms with Gasteiger partial charge in [-0.2, -0.15) is 0 Å². The number of carbonyl (C=O) groups is 2. The zero-order valence-electron chi connectivity index (χ0n) is 17.8. The Balaban J connectivity index is 1.84. The second kappa shape index (κ2) is 9.56. The molecule has 2 aromatic carbocycles. The van der Waals surface area contributed by atoms with Crippen LogP contribution in [0.4, 0.5) is 8.78 Å².